The van der Waals surface area contributed by atoms with Gasteiger partial charge in [-0.05, 0) is 147 Å². The van der Waals surface area contributed by atoms with Crippen molar-refractivity contribution in [2.45, 2.75) is 0 Å². The van der Waals surface area contributed by atoms with Crippen LogP contribution in [0.3, 0.4) is 0 Å². The van der Waals surface area contributed by atoms with Crippen molar-refractivity contribution < 1.29 is 0 Å². The molecule has 48 heavy (non-hydrogen) atoms. The van der Waals surface area contributed by atoms with Crippen LogP contribution in [-0.2, 0) is 0 Å². The molecule has 0 fully saturated rings. The molecule has 0 atom stereocenters. The molecule has 8 rings (SSSR count). The van der Waals surface area contributed by atoms with Gasteiger partial charge in [0.05, 0.1) is 11.4 Å². The molecular formula is C43H29N5. The van der Waals surface area contributed by atoms with Gasteiger partial charge in [-0.25, -0.2) is 4.98 Å². The molecule has 5 nitrogen and oxygen atoms in total. The van der Waals surface area contributed by atoms with E-state index in [2.05, 4.69) is 98.8 Å². The quantitative estimate of drug-likeness (QED) is 0.178. The van der Waals surface area contributed by atoms with E-state index in [0.29, 0.717) is 0 Å². The third kappa shape index (κ3) is 6.13. The number of rotatable bonds is 7. The van der Waals surface area contributed by atoms with E-state index in [9.17, 15) is 0 Å². The SMILES string of the molecule is c1cc(-c2ccncc2)cc(-c2cc(-c3cc(-c4ccncc4)cc(-c4ccncc4)c3)cc(-c3cccc(-c4ccncc4)c3)n2)c1. The second-order valence-electron chi connectivity index (χ2n) is 11.5. The van der Waals surface area contributed by atoms with Crippen LogP contribution >= 0.6 is 0 Å². The van der Waals surface area contributed by atoms with E-state index in [1.165, 1.54) is 0 Å². The predicted molar refractivity (Wildman–Crippen MR) is 193 cm³/mol. The van der Waals surface area contributed by atoms with E-state index in [1.807, 2.05) is 98.1 Å². The van der Waals surface area contributed by atoms with Gasteiger partial charge in [0.15, 0.2) is 0 Å². The Morgan fingerprint density at radius 1 is 0.229 bits per heavy atom. The predicted octanol–water partition coefficient (Wildman–Crippen LogP) is 10.3. The Balaban J connectivity index is 1.33. The number of hydrogen-bond donors (Lipinski definition) is 0. The van der Waals surface area contributed by atoms with E-state index in [1.54, 1.807) is 0 Å². The lowest BCUT2D eigenvalue weighted by Gasteiger charge is -2.15. The van der Waals surface area contributed by atoms with Gasteiger partial charge in [-0.1, -0.05) is 36.4 Å². The van der Waals surface area contributed by atoms with Gasteiger partial charge in [0.2, 0.25) is 0 Å². The van der Waals surface area contributed by atoms with Crippen LogP contribution in [-0.4, -0.2) is 24.9 Å². The smallest absolute Gasteiger partial charge is 0.0715 e. The largest absolute Gasteiger partial charge is 0.265 e. The fourth-order valence-electron chi connectivity index (χ4n) is 6.01. The summed E-state index contributed by atoms with van der Waals surface area (Å²) in [6, 6.07) is 44.6. The summed E-state index contributed by atoms with van der Waals surface area (Å²) in [7, 11) is 0. The maximum Gasteiger partial charge on any atom is 0.0715 e. The fraction of sp³-hybridized carbons (Fsp3) is 0. The summed E-state index contributed by atoms with van der Waals surface area (Å²) in [4.78, 5) is 22.2. The van der Waals surface area contributed by atoms with Crippen molar-refractivity contribution in [1.29, 1.82) is 0 Å². The highest BCUT2D eigenvalue weighted by molar-refractivity contribution is 5.85. The number of aromatic nitrogens is 5. The van der Waals surface area contributed by atoms with Gasteiger partial charge >= 0.3 is 0 Å². The van der Waals surface area contributed by atoms with Crippen LogP contribution in [0.15, 0.2) is 177 Å². The van der Waals surface area contributed by atoms with Crippen LogP contribution in [0.1, 0.15) is 0 Å². The highest BCUT2D eigenvalue weighted by atomic mass is 14.7. The second-order valence-corrected chi connectivity index (χ2v) is 11.5. The summed E-state index contributed by atoms with van der Waals surface area (Å²) >= 11 is 0. The van der Waals surface area contributed by atoms with Gasteiger partial charge in [-0.15, -0.1) is 0 Å². The minimum atomic E-state index is 0.896. The van der Waals surface area contributed by atoms with Crippen molar-refractivity contribution in [3.05, 3.63) is 177 Å². The van der Waals surface area contributed by atoms with Crippen molar-refractivity contribution in [2.24, 2.45) is 0 Å². The van der Waals surface area contributed by atoms with Gasteiger partial charge < -0.3 is 0 Å². The topological polar surface area (TPSA) is 64.5 Å². The first-order chi connectivity index (χ1) is 23.8. The molecule has 0 aliphatic carbocycles. The van der Waals surface area contributed by atoms with E-state index in [4.69, 9.17) is 4.98 Å². The average molecular weight is 616 g/mol. The Morgan fingerprint density at radius 3 is 0.875 bits per heavy atom. The highest BCUT2D eigenvalue weighted by Crippen LogP contribution is 2.37. The number of pyridine rings is 5. The molecule has 5 aromatic heterocycles. The molecule has 0 spiro atoms. The van der Waals surface area contributed by atoms with Gasteiger partial charge in [0.25, 0.3) is 0 Å². The summed E-state index contributed by atoms with van der Waals surface area (Å²) in [5.41, 5.74) is 14.9. The Hall–Kier alpha value is -6.59. The van der Waals surface area contributed by atoms with Crippen molar-refractivity contribution in [1.82, 2.24) is 24.9 Å². The third-order valence-corrected chi connectivity index (χ3v) is 8.46. The molecule has 0 aliphatic heterocycles. The first-order valence-corrected chi connectivity index (χ1v) is 15.8. The van der Waals surface area contributed by atoms with E-state index in [0.717, 1.165) is 78.1 Å². The zero-order chi connectivity index (χ0) is 32.1. The average Bonchev–Trinajstić information content (AvgIpc) is 3.19. The minimum Gasteiger partial charge on any atom is -0.265 e. The molecule has 3 aromatic carbocycles. The molecule has 0 unspecified atom stereocenters. The van der Waals surface area contributed by atoms with Crippen LogP contribution in [0.4, 0.5) is 0 Å². The molecule has 5 heteroatoms. The molecule has 8 aromatic rings. The zero-order valence-corrected chi connectivity index (χ0v) is 26.0. The van der Waals surface area contributed by atoms with Crippen LogP contribution in [0, 0.1) is 0 Å². The molecule has 0 saturated carbocycles. The van der Waals surface area contributed by atoms with Crippen molar-refractivity contribution in [3.63, 3.8) is 0 Å². The highest BCUT2D eigenvalue weighted by Gasteiger charge is 2.14. The molecule has 0 saturated heterocycles. The van der Waals surface area contributed by atoms with Gasteiger partial charge in [0.1, 0.15) is 0 Å². The van der Waals surface area contributed by atoms with Crippen molar-refractivity contribution in [2.75, 3.05) is 0 Å². The normalized spacial score (nSPS) is 10.9. The number of benzene rings is 3. The summed E-state index contributed by atoms with van der Waals surface area (Å²) in [5.74, 6) is 0. The Kier molecular flexibility index (Phi) is 7.83. The molecule has 0 N–H and O–H groups in total. The summed E-state index contributed by atoms with van der Waals surface area (Å²) < 4.78 is 0. The van der Waals surface area contributed by atoms with Crippen LogP contribution in [0.25, 0.3) is 78.1 Å². The Labute approximate surface area is 279 Å². The molecule has 0 radical (unpaired) electrons. The van der Waals surface area contributed by atoms with Crippen LogP contribution in [0.2, 0.25) is 0 Å². The fourth-order valence-corrected chi connectivity index (χ4v) is 6.01. The summed E-state index contributed by atoms with van der Waals surface area (Å²) in [6.07, 6.45) is 14.6. The van der Waals surface area contributed by atoms with Crippen LogP contribution in [0.5, 0.6) is 0 Å². The maximum atomic E-state index is 5.29. The Morgan fingerprint density at radius 2 is 0.500 bits per heavy atom. The standard InChI is InChI=1S/C43H29N5/c1-3-34(30-7-15-44-16-8-30)23-36(5-1)42-28-41(29-43(48-42)37-6-2-4-35(24-37)31-9-17-45-18-10-31)40-26-38(32-11-19-46-20-12-32)25-39(27-40)33-13-21-47-22-14-33/h1-29H. The lowest BCUT2D eigenvalue weighted by Crippen LogP contribution is -1.93. The molecule has 5 heterocycles. The van der Waals surface area contributed by atoms with E-state index in [-0.39, 0.29) is 0 Å². The van der Waals surface area contributed by atoms with Gasteiger partial charge in [-0.2, -0.15) is 0 Å². The van der Waals surface area contributed by atoms with Crippen molar-refractivity contribution in [3.8, 4) is 78.1 Å². The number of nitrogens with zero attached hydrogens (tertiary/aromatic N) is 5. The summed E-state index contributed by atoms with van der Waals surface area (Å²) in [6.45, 7) is 0. The lowest BCUT2D eigenvalue weighted by atomic mass is 9.92. The first kappa shape index (κ1) is 28.9. The molecule has 0 aliphatic rings. The second kappa shape index (κ2) is 13.0. The minimum absolute atomic E-state index is 0.896. The lowest BCUT2D eigenvalue weighted by molar-refractivity contribution is 1.31. The molecule has 226 valence electrons. The Bertz CT molecular complexity index is 2170. The monoisotopic (exact) mass is 615 g/mol. The van der Waals surface area contributed by atoms with Crippen molar-refractivity contribution >= 4 is 0 Å². The molecule has 0 amide bonds. The number of hydrogen-bond acceptors (Lipinski definition) is 5. The van der Waals surface area contributed by atoms with Gasteiger partial charge in [-0.3, -0.25) is 19.9 Å². The van der Waals surface area contributed by atoms with Crippen LogP contribution < -0.4 is 0 Å². The maximum absolute atomic E-state index is 5.29. The third-order valence-electron chi connectivity index (χ3n) is 8.46. The van der Waals surface area contributed by atoms with Gasteiger partial charge in [0, 0.05) is 60.7 Å². The first-order valence-electron chi connectivity index (χ1n) is 15.8. The van der Waals surface area contributed by atoms with E-state index >= 15 is 0 Å². The molecular weight excluding hydrogens is 587 g/mol. The summed E-state index contributed by atoms with van der Waals surface area (Å²) in [5, 5.41) is 0. The molecule has 0 bridgehead atoms. The van der Waals surface area contributed by atoms with E-state index < -0.39 is 0 Å². The zero-order valence-electron chi connectivity index (χ0n) is 26.0.